The average molecular weight is 267 g/mol. The quantitative estimate of drug-likeness (QED) is 0.850. The number of ether oxygens (including phenoxy) is 1. The summed E-state index contributed by atoms with van der Waals surface area (Å²) in [5, 5.41) is 2.43. The van der Waals surface area contributed by atoms with Crippen molar-refractivity contribution in [2.24, 2.45) is 0 Å². The van der Waals surface area contributed by atoms with E-state index in [0.717, 1.165) is 18.2 Å². The van der Waals surface area contributed by atoms with E-state index in [2.05, 4.69) is 5.32 Å². The maximum Gasteiger partial charge on any atom is 0.297 e. The molecule has 0 saturated carbocycles. The molecule has 1 aromatic carbocycles. The van der Waals surface area contributed by atoms with E-state index in [4.69, 9.17) is 4.74 Å². The smallest absolute Gasteiger partial charge is 0.297 e. The molecule has 0 aromatic heterocycles. The number of hydrogen-bond donors (Lipinski definition) is 1. The number of rotatable bonds is 3. The molecule has 100 valence electrons. The summed E-state index contributed by atoms with van der Waals surface area (Å²) in [6.07, 6.45) is -4.45. The molecular formula is C11H10F5NO. The summed E-state index contributed by atoms with van der Waals surface area (Å²) in [5.74, 6) is -4.35. The first-order valence-electron chi connectivity index (χ1n) is 5.23. The lowest BCUT2D eigenvalue weighted by Crippen LogP contribution is -2.36. The molecule has 0 bridgehead atoms. The summed E-state index contributed by atoms with van der Waals surface area (Å²) in [4.78, 5) is 0. The summed E-state index contributed by atoms with van der Waals surface area (Å²) in [6.45, 7) is -0.616. The highest BCUT2D eigenvalue weighted by atomic mass is 19.3. The molecule has 2 nitrogen and oxygen atoms in total. The fraction of sp³-hybridized carbons (Fsp3) is 0.455. The molecule has 1 aliphatic rings. The second-order valence-electron chi connectivity index (χ2n) is 3.98. The van der Waals surface area contributed by atoms with E-state index in [9.17, 15) is 22.0 Å². The largest absolute Gasteiger partial charge is 0.483 e. The predicted molar refractivity (Wildman–Crippen MR) is 53.6 cm³/mol. The van der Waals surface area contributed by atoms with Crippen LogP contribution in [0.3, 0.4) is 0 Å². The van der Waals surface area contributed by atoms with Crippen LogP contribution in [0.5, 0.6) is 5.75 Å². The van der Waals surface area contributed by atoms with Gasteiger partial charge in [-0.05, 0) is 18.2 Å². The number of hydrogen-bond acceptors (Lipinski definition) is 2. The van der Waals surface area contributed by atoms with E-state index in [1.54, 1.807) is 0 Å². The molecule has 1 aromatic rings. The zero-order valence-electron chi connectivity index (χ0n) is 9.10. The van der Waals surface area contributed by atoms with Crippen molar-refractivity contribution in [1.82, 2.24) is 5.32 Å². The van der Waals surface area contributed by atoms with Gasteiger partial charge in [0.05, 0.1) is 12.1 Å². The maximum absolute atomic E-state index is 13.2. The molecule has 1 N–H and O–H groups in total. The van der Waals surface area contributed by atoms with E-state index >= 15 is 0 Å². The number of benzene rings is 1. The van der Waals surface area contributed by atoms with E-state index in [1.165, 1.54) is 0 Å². The molecule has 18 heavy (non-hydrogen) atoms. The molecule has 1 atom stereocenters. The summed E-state index contributed by atoms with van der Waals surface area (Å²) >= 11 is 0. The second-order valence-corrected chi connectivity index (χ2v) is 3.98. The molecule has 0 amide bonds. The van der Waals surface area contributed by atoms with Crippen LogP contribution in [-0.2, 0) is 0 Å². The van der Waals surface area contributed by atoms with Crippen LogP contribution in [0.1, 0.15) is 12.0 Å². The first-order chi connectivity index (χ1) is 8.40. The fourth-order valence-electron chi connectivity index (χ4n) is 1.69. The monoisotopic (exact) mass is 267 g/mol. The Labute approximate surface area is 99.7 Å². The first-order valence-corrected chi connectivity index (χ1v) is 5.23. The van der Waals surface area contributed by atoms with Crippen LogP contribution in [0.4, 0.5) is 22.0 Å². The zero-order valence-corrected chi connectivity index (χ0v) is 9.10. The molecule has 1 fully saturated rings. The van der Waals surface area contributed by atoms with Crippen LogP contribution in [0, 0.1) is 5.82 Å². The zero-order chi connectivity index (χ0) is 13.3. The molecule has 0 spiro atoms. The van der Waals surface area contributed by atoms with Crippen molar-refractivity contribution in [3.05, 3.63) is 29.6 Å². The molecule has 1 unspecified atom stereocenters. The summed E-state index contributed by atoms with van der Waals surface area (Å²) < 4.78 is 69.2. The van der Waals surface area contributed by atoms with Gasteiger partial charge < -0.3 is 10.1 Å². The molecule has 1 heterocycles. The minimum Gasteiger partial charge on any atom is -0.483 e. The van der Waals surface area contributed by atoms with Crippen LogP contribution in [0.25, 0.3) is 0 Å². The van der Waals surface area contributed by atoms with E-state index < -0.39 is 36.4 Å². The fourth-order valence-corrected chi connectivity index (χ4v) is 1.69. The molecule has 7 heteroatoms. The Morgan fingerprint density at radius 2 is 2.06 bits per heavy atom. The lowest BCUT2D eigenvalue weighted by molar-refractivity contribution is -0.0599. The average Bonchev–Trinajstić information content (AvgIpc) is 2.60. The van der Waals surface area contributed by atoms with Crippen molar-refractivity contribution in [2.75, 3.05) is 13.1 Å². The van der Waals surface area contributed by atoms with Gasteiger partial charge in [0.1, 0.15) is 11.6 Å². The van der Waals surface area contributed by atoms with Gasteiger partial charge in [0.2, 0.25) is 0 Å². The minimum absolute atomic E-state index is 0.0889. The van der Waals surface area contributed by atoms with Gasteiger partial charge in [0.15, 0.2) is 6.10 Å². The molecule has 1 saturated heterocycles. The van der Waals surface area contributed by atoms with E-state index in [0.29, 0.717) is 0 Å². The highest BCUT2D eigenvalue weighted by Crippen LogP contribution is 2.30. The van der Waals surface area contributed by atoms with Gasteiger partial charge in [-0.1, -0.05) is 0 Å². The predicted octanol–water partition coefficient (Wildman–Crippen LogP) is 2.75. The van der Waals surface area contributed by atoms with Crippen LogP contribution >= 0.6 is 0 Å². The molecule has 1 aliphatic heterocycles. The topological polar surface area (TPSA) is 21.3 Å². The van der Waals surface area contributed by atoms with E-state index in [-0.39, 0.29) is 12.3 Å². The number of nitrogens with one attached hydrogen (secondary N) is 1. The van der Waals surface area contributed by atoms with Gasteiger partial charge in [-0.2, -0.15) is 0 Å². The lowest BCUT2D eigenvalue weighted by Gasteiger charge is -2.19. The van der Waals surface area contributed by atoms with Crippen molar-refractivity contribution in [1.29, 1.82) is 0 Å². The second kappa shape index (κ2) is 4.72. The summed E-state index contributed by atoms with van der Waals surface area (Å²) in [5.41, 5.74) is -0.859. The van der Waals surface area contributed by atoms with Gasteiger partial charge in [0.25, 0.3) is 12.3 Å². The Bertz CT molecular complexity index is 437. The van der Waals surface area contributed by atoms with Crippen molar-refractivity contribution in [2.45, 2.75) is 18.5 Å². The van der Waals surface area contributed by atoms with Crippen LogP contribution in [-0.4, -0.2) is 25.1 Å². The third-order valence-electron chi connectivity index (χ3n) is 2.64. The summed E-state index contributed by atoms with van der Waals surface area (Å²) in [6, 6.07) is 2.57. The van der Waals surface area contributed by atoms with Gasteiger partial charge >= 0.3 is 0 Å². The number of alkyl halides is 4. The minimum atomic E-state index is -3.07. The van der Waals surface area contributed by atoms with Crippen molar-refractivity contribution < 1.29 is 26.7 Å². The Balaban J connectivity index is 2.17. The normalized spacial score (nSPS) is 22.4. The molecular weight excluding hydrogens is 257 g/mol. The Morgan fingerprint density at radius 3 is 2.61 bits per heavy atom. The Morgan fingerprint density at radius 1 is 1.33 bits per heavy atom. The third kappa shape index (κ3) is 2.55. The van der Waals surface area contributed by atoms with Crippen molar-refractivity contribution >= 4 is 0 Å². The SMILES string of the molecule is Fc1ccc(OC2CNCC2(F)F)cc1C(F)F. The Kier molecular flexibility index (Phi) is 3.43. The van der Waals surface area contributed by atoms with Crippen molar-refractivity contribution in [3.63, 3.8) is 0 Å². The maximum atomic E-state index is 13.2. The number of halogens is 5. The van der Waals surface area contributed by atoms with Crippen LogP contribution in [0.2, 0.25) is 0 Å². The van der Waals surface area contributed by atoms with Crippen molar-refractivity contribution in [3.8, 4) is 5.75 Å². The van der Waals surface area contributed by atoms with Gasteiger partial charge in [-0.25, -0.2) is 22.0 Å². The van der Waals surface area contributed by atoms with Crippen LogP contribution < -0.4 is 10.1 Å². The van der Waals surface area contributed by atoms with Gasteiger partial charge in [-0.15, -0.1) is 0 Å². The highest BCUT2D eigenvalue weighted by Gasteiger charge is 2.46. The lowest BCUT2D eigenvalue weighted by atomic mass is 10.2. The molecule has 2 rings (SSSR count). The van der Waals surface area contributed by atoms with Crippen LogP contribution in [0.15, 0.2) is 18.2 Å². The van der Waals surface area contributed by atoms with E-state index in [1.807, 2.05) is 0 Å². The third-order valence-corrected chi connectivity index (χ3v) is 2.64. The standard InChI is InChI=1S/C11H10F5NO/c12-8-2-1-6(3-7(8)10(13)14)18-9-4-17-5-11(9,15)16/h1-3,9-10,17H,4-5H2. The molecule has 0 radical (unpaired) electrons. The highest BCUT2D eigenvalue weighted by molar-refractivity contribution is 5.31. The molecule has 0 aliphatic carbocycles. The first kappa shape index (κ1) is 13.1. The summed E-state index contributed by atoms with van der Waals surface area (Å²) in [7, 11) is 0. The van der Waals surface area contributed by atoms with Gasteiger partial charge in [0, 0.05) is 6.54 Å². The van der Waals surface area contributed by atoms with Gasteiger partial charge in [-0.3, -0.25) is 0 Å². The Hall–Kier alpha value is -1.37.